The van der Waals surface area contributed by atoms with Crippen molar-refractivity contribution in [2.45, 2.75) is 32.2 Å². The number of nitrogens with zero attached hydrogens (tertiary/aromatic N) is 1. The molecule has 0 bridgehead atoms. The summed E-state index contributed by atoms with van der Waals surface area (Å²) in [5, 5.41) is 11.2. The van der Waals surface area contributed by atoms with Crippen LogP contribution in [0, 0.1) is 0 Å². The van der Waals surface area contributed by atoms with Crippen LogP contribution in [0.1, 0.15) is 37.0 Å². The van der Waals surface area contributed by atoms with Crippen molar-refractivity contribution < 1.29 is 14.7 Å². The van der Waals surface area contributed by atoms with Crippen LogP contribution in [0.25, 0.3) is 0 Å². The number of carbonyl (C=O) groups is 2. The maximum absolute atomic E-state index is 12.0. The number of carboxylic acid groups (broad SMARTS) is 1. The van der Waals surface area contributed by atoms with Crippen molar-refractivity contribution in [3.05, 3.63) is 32.6 Å². The van der Waals surface area contributed by atoms with Gasteiger partial charge in [0.2, 0.25) is 0 Å². The molecule has 110 valence electrons. The molecule has 0 aliphatic heterocycles. The van der Waals surface area contributed by atoms with Crippen LogP contribution in [0.5, 0.6) is 0 Å². The average molecular weight is 283 g/mol. The van der Waals surface area contributed by atoms with Gasteiger partial charge >= 0.3 is 11.7 Å². The summed E-state index contributed by atoms with van der Waals surface area (Å²) in [7, 11) is 1.26. The highest BCUT2D eigenvalue weighted by Gasteiger charge is 2.24. The molecule has 0 spiro atoms. The Bertz CT molecular complexity index is 641. The quantitative estimate of drug-likeness (QED) is 0.669. The Morgan fingerprint density at radius 1 is 1.40 bits per heavy atom. The van der Waals surface area contributed by atoms with Gasteiger partial charge < -0.3 is 15.4 Å². The Hall–Kier alpha value is -2.38. The number of carboxylic acids is 1. The number of carbonyl (C=O) groups excluding carboxylic acids is 1. The predicted molar refractivity (Wildman–Crippen MR) is 70.7 cm³/mol. The van der Waals surface area contributed by atoms with Crippen molar-refractivity contribution in [1.82, 2.24) is 14.9 Å². The Morgan fingerprint density at radius 2 is 2.00 bits per heavy atom. The van der Waals surface area contributed by atoms with Gasteiger partial charge in [-0.1, -0.05) is 0 Å². The van der Waals surface area contributed by atoms with E-state index in [2.05, 4.69) is 10.3 Å². The molecule has 1 amide bonds. The fourth-order valence-corrected chi connectivity index (χ4v) is 1.58. The van der Waals surface area contributed by atoms with Crippen LogP contribution in [0.4, 0.5) is 0 Å². The number of aliphatic carboxylic acids is 1. The monoisotopic (exact) mass is 283 g/mol. The molecule has 0 saturated carbocycles. The molecular weight excluding hydrogens is 266 g/mol. The Labute approximate surface area is 114 Å². The van der Waals surface area contributed by atoms with E-state index in [4.69, 9.17) is 5.11 Å². The first-order valence-corrected chi connectivity index (χ1v) is 5.97. The van der Waals surface area contributed by atoms with Crippen LogP contribution in [0.3, 0.4) is 0 Å². The van der Waals surface area contributed by atoms with Crippen molar-refractivity contribution in [2.24, 2.45) is 7.05 Å². The van der Waals surface area contributed by atoms with E-state index in [0.717, 1.165) is 10.8 Å². The number of hydrogen-bond acceptors (Lipinski definition) is 4. The second-order valence-corrected chi connectivity index (χ2v) is 5.10. The summed E-state index contributed by atoms with van der Waals surface area (Å²) < 4.78 is 0.791. The molecule has 0 aliphatic rings. The highest BCUT2D eigenvalue weighted by Crippen LogP contribution is 2.11. The molecule has 8 nitrogen and oxygen atoms in total. The first-order valence-electron chi connectivity index (χ1n) is 5.97. The SMILES string of the molecule is Cn1c(=O)[nH]cc(C(=O)NC(C)(C)CCC(=O)O)c1=O. The van der Waals surface area contributed by atoms with E-state index in [9.17, 15) is 19.2 Å². The highest BCUT2D eigenvalue weighted by molar-refractivity contribution is 5.94. The van der Waals surface area contributed by atoms with Gasteiger partial charge in [-0.2, -0.15) is 0 Å². The maximum atomic E-state index is 12.0. The van der Waals surface area contributed by atoms with Crippen molar-refractivity contribution in [3.8, 4) is 0 Å². The Balaban J connectivity index is 2.92. The molecule has 3 N–H and O–H groups in total. The molecule has 0 atom stereocenters. The minimum absolute atomic E-state index is 0.100. The van der Waals surface area contributed by atoms with Crippen LogP contribution in [-0.2, 0) is 11.8 Å². The summed E-state index contributed by atoms with van der Waals surface area (Å²) in [5.74, 6) is -1.62. The van der Waals surface area contributed by atoms with E-state index in [1.165, 1.54) is 7.05 Å². The van der Waals surface area contributed by atoms with Crippen LogP contribution < -0.4 is 16.6 Å². The fraction of sp³-hybridized carbons (Fsp3) is 0.500. The summed E-state index contributed by atoms with van der Waals surface area (Å²) in [6.07, 6.45) is 1.17. The second-order valence-electron chi connectivity index (χ2n) is 5.10. The first kappa shape index (κ1) is 15.7. The van der Waals surface area contributed by atoms with E-state index >= 15 is 0 Å². The van der Waals surface area contributed by atoms with Gasteiger partial charge in [-0.05, 0) is 20.3 Å². The molecule has 8 heteroatoms. The lowest BCUT2D eigenvalue weighted by molar-refractivity contribution is -0.137. The molecule has 1 aromatic rings. The van der Waals surface area contributed by atoms with Crippen LogP contribution in [0.15, 0.2) is 15.8 Å². The summed E-state index contributed by atoms with van der Waals surface area (Å²) in [5.41, 5.74) is -2.30. The number of aromatic nitrogens is 2. The average Bonchev–Trinajstić information content (AvgIpc) is 2.33. The van der Waals surface area contributed by atoms with Crippen molar-refractivity contribution >= 4 is 11.9 Å². The lowest BCUT2D eigenvalue weighted by atomic mass is 9.98. The van der Waals surface area contributed by atoms with Crippen LogP contribution in [0.2, 0.25) is 0 Å². The molecule has 0 fully saturated rings. The van der Waals surface area contributed by atoms with Gasteiger partial charge in [0.1, 0.15) is 5.56 Å². The molecule has 0 unspecified atom stereocenters. The number of H-pyrrole nitrogens is 1. The molecule has 0 saturated heterocycles. The third-order valence-corrected chi connectivity index (χ3v) is 2.84. The van der Waals surface area contributed by atoms with E-state index < -0.39 is 28.7 Å². The number of hydrogen-bond donors (Lipinski definition) is 3. The van der Waals surface area contributed by atoms with Gasteiger partial charge in [-0.3, -0.25) is 19.0 Å². The maximum Gasteiger partial charge on any atom is 0.328 e. The molecular formula is C12H17N3O5. The largest absolute Gasteiger partial charge is 0.481 e. The van der Waals surface area contributed by atoms with E-state index in [1.807, 2.05) is 0 Å². The number of nitrogens with one attached hydrogen (secondary N) is 2. The van der Waals surface area contributed by atoms with Gasteiger partial charge in [0.15, 0.2) is 0 Å². The van der Waals surface area contributed by atoms with Gasteiger partial charge in [-0.25, -0.2) is 4.79 Å². The smallest absolute Gasteiger partial charge is 0.328 e. The predicted octanol–water partition coefficient (Wildman–Crippen LogP) is -0.553. The summed E-state index contributed by atoms with van der Waals surface area (Å²) in [6.45, 7) is 3.31. The highest BCUT2D eigenvalue weighted by atomic mass is 16.4. The van der Waals surface area contributed by atoms with E-state index in [1.54, 1.807) is 13.8 Å². The van der Waals surface area contributed by atoms with Gasteiger partial charge in [-0.15, -0.1) is 0 Å². The standard InChI is InChI=1S/C12H17N3O5/c1-12(2,5-4-8(16)17)14-9(18)7-6-13-11(20)15(3)10(7)19/h6H,4-5H2,1-3H3,(H,13,20)(H,14,18)(H,16,17). The third-order valence-electron chi connectivity index (χ3n) is 2.84. The van der Waals surface area contributed by atoms with Gasteiger partial charge in [0.05, 0.1) is 0 Å². The zero-order chi connectivity index (χ0) is 15.5. The number of rotatable bonds is 5. The minimum Gasteiger partial charge on any atom is -0.481 e. The van der Waals surface area contributed by atoms with Crippen molar-refractivity contribution in [1.29, 1.82) is 0 Å². The number of amides is 1. The van der Waals surface area contributed by atoms with Crippen LogP contribution in [-0.4, -0.2) is 32.1 Å². The zero-order valence-electron chi connectivity index (χ0n) is 11.5. The second kappa shape index (κ2) is 5.72. The minimum atomic E-state index is -0.965. The van der Waals surface area contributed by atoms with Crippen LogP contribution >= 0.6 is 0 Å². The van der Waals surface area contributed by atoms with E-state index in [0.29, 0.717) is 0 Å². The summed E-state index contributed by atoms with van der Waals surface area (Å²) in [6, 6.07) is 0. The summed E-state index contributed by atoms with van der Waals surface area (Å²) >= 11 is 0. The lowest BCUT2D eigenvalue weighted by Gasteiger charge is -2.25. The zero-order valence-corrected chi connectivity index (χ0v) is 11.5. The molecule has 0 radical (unpaired) electrons. The summed E-state index contributed by atoms with van der Waals surface area (Å²) in [4.78, 5) is 47.8. The topological polar surface area (TPSA) is 121 Å². The molecule has 1 heterocycles. The van der Waals surface area contributed by atoms with Gasteiger partial charge in [0.25, 0.3) is 11.5 Å². The van der Waals surface area contributed by atoms with Gasteiger partial charge in [0, 0.05) is 25.2 Å². The molecule has 1 rings (SSSR count). The van der Waals surface area contributed by atoms with Crippen molar-refractivity contribution in [2.75, 3.05) is 0 Å². The van der Waals surface area contributed by atoms with E-state index in [-0.39, 0.29) is 18.4 Å². The van der Waals surface area contributed by atoms with Crippen molar-refractivity contribution in [3.63, 3.8) is 0 Å². The molecule has 20 heavy (non-hydrogen) atoms. The Kier molecular flexibility index (Phi) is 4.49. The fourth-order valence-electron chi connectivity index (χ4n) is 1.58. The first-order chi connectivity index (χ1) is 9.14. The third kappa shape index (κ3) is 3.81. The number of aromatic amines is 1. The lowest BCUT2D eigenvalue weighted by Crippen LogP contribution is -2.47. The molecule has 0 aromatic carbocycles. The molecule has 1 aromatic heterocycles. The molecule has 0 aliphatic carbocycles. The normalized spacial score (nSPS) is 11.2. The Morgan fingerprint density at radius 3 is 2.55 bits per heavy atom.